The largest absolute Gasteiger partial charge is 2.00 e. The van der Waals surface area contributed by atoms with Crippen LogP contribution in [-0.2, 0) is 35.6 Å². The van der Waals surface area contributed by atoms with Gasteiger partial charge in [0.05, 0.1) is 31.8 Å². The number of rotatable bonds is 16. The van der Waals surface area contributed by atoms with E-state index in [-0.39, 0.29) is 35.6 Å². The maximum absolute atomic E-state index is 4.92. The Bertz CT molecular complexity index is 1970. The molecule has 0 aliphatic carbocycles. The second kappa shape index (κ2) is 34.7. The molecule has 8 aromatic carbocycles. The number of nitrogens with zero attached hydrogens (tertiary/aromatic N) is 3. The summed E-state index contributed by atoms with van der Waals surface area (Å²) in [5.41, 5.74) is 0. The summed E-state index contributed by atoms with van der Waals surface area (Å²) < 4.78 is 0. The van der Waals surface area contributed by atoms with E-state index in [1.54, 1.807) is 0 Å². The van der Waals surface area contributed by atoms with E-state index in [0.29, 0.717) is 24.2 Å². The van der Waals surface area contributed by atoms with Gasteiger partial charge in [0.2, 0.25) is 0 Å². The minimum Gasteiger partial charge on any atom is -0.481 e. The van der Waals surface area contributed by atoms with Gasteiger partial charge in [0.25, 0.3) is 0 Å². The number of hydrogen-bond acceptors (Lipinski definition) is 1. The van der Waals surface area contributed by atoms with Crippen molar-refractivity contribution >= 4 is 74.7 Å². The molecule has 0 fully saturated rings. The summed E-state index contributed by atoms with van der Waals surface area (Å²) in [5.74, 6) is 0. The van der Waals surface area contributed by atoms with E-state index in [9.17, 15) is 0 Å². The molecule has 0 unspecified atom stereocenters. The van der Waals surface area contributed by atoms with E-state index in [1.807, 2.05) is 0 Å². The molecule has 0 heterocycles. The topological polar surface area (TPSA) is 54.3 Å². The Labute approximate surface area is 449 Å². The predicted molar refractivity (Wildman–Crippen MR) is 316 cm³/mol. The van der Waals surface area contributed by atoms with Crippen molar-refractivity contribution in [3.63, 3.8) is 0 Å². The first-order valence-electron chi connectivity index (χ1n) is 23.9. The van der Waals surface area contributed by atoms with Gasteiger partial charge in [-0.3, -0.25) is 0 Å². The van der Waals surface area contributed by atoms with Crippen LogP contribution in [0.5, 0.6) is 0 Å². The van der Waals surface area contributed by atoms with Crippen LogP contribution in [-0.4, -0.2) is 24.2 Å². The van der Waals surface area contributed by atoms with Gasteiger partial charge in [-0.15, -0.1) is 18.1 Å². The molecule has 0 spiro atoms. The average molecular weight is 1080 g/mol. The van der Waals surface area contributed by atoms with Gasteiger partial charge < -0.3 is 15.3 Å². The zero-order chi connectivity index (χ0) is 48.4. The molecule has 0 aromatic heterocycles. The molecule has 0 bridgehead atoms. The Morgan fingerprint density at radius 2 is 0.429 bits per heavy atom. The smallest absolute Gasteiger partial charge is 0.481 e. The predicted octanol–water partition coefficient (Wildman–Crippen LogP) is 13.4. The first-order chi connectivity index (χ1) is 33.1. The number of nitrogens with one attached hydrogen (secondary N) is 1. The molecular weight excluding hydrogens is 1010 g/mol. The van der Waals surface area contributed by atoms with Crippen LogP contribution in [0.1, 0.15) is 55.4 Å². The van der Waals surface area contributed by atoms with Gasteiger partial charge in [-0.2, -0.15) is 5.09 Å². The number of hydrogen-bond donors (Lipinski definition) is 1. The van der Waals surface area contributed by atoms with Crippen molar-refractivity contribution < 1.29 is 35.6 Å². The van der Waals surface area contributed by atoms with Crippen molar-refractivity contribution in [1.82, 2.24) is 5.09 Å². The van der Waals surface area contributed by atoms with Crippen LogP contribution >= 0.6 is 32.3 Å². The standard InChI is InChI=1S/4C15H18NP.Fe.V/c4*1-13(2)16-17(14-9-5-3-6-10-14)15-11-7-4-8-12-15;;/h3*3-13,17H,1-2H3;3-13,16H,1-2H3;;/q;;;;;+2/p+1. The first kappa shape index (κ1) is 60.7. The molecule has 0 saturated carbocycles. The molecule has 363 valence electrons. The van der Waals surface area contributed by atoms with Crippen molar-refractivity contribution in [3.8, 4) is 0 Å². The SMILES string of the molecule is CC(C)N[PH+](c1ccccc1)c1ccccc1.CC(C)[N-][PH+](c1ccccc1)c1ccccc1.CC(C)[N-][PH+](c1ccccc1)c1ccccc1.CC(C)[N-][PH+](c1ccccc1)c1ccccc1.[Fe].[V+2]. The minimum atomic E-state index is -0.974. The average Bonchev–Trinajstić information content (AvgIpc) is 3.38. The summed E-state index contributed by atoms with van der Waals surface area (Å²) in [6.45, 7) is 17.3. The third-order valence-electron chi connectivity index (χ3n) is 10.0. The fraction of sp³-hybridized carbons (Fsp3) is 0.200. The molecule has 1 N–H and O–H groups in total. The van der Waals surface area contributed by atoms with Gasteiger partial charge in [0.15, 0.2) is 0 Å². The minimum absolute atomic E-state index is 0. The zero-order valence-corrected chi connectivity index (χ0v) is 48.5. The van der Waals surface area contributed by atoms with E-state index in [1.165, 1.54) is 42.4 Å². The number of benzene rings is 8. The molecule has 0 amide bonds. The summed E-state index contributed by atoms with van der Waals surface area (Å²) >= 11 is 0. The van der Waals surface area contributed by atoms with E-state index in [4.69, 9.17) is 15.3 Å². The molecule has 0 saturated heterocycles. The van der Waals surface area contributed by atoms with Gasteiger partial charge in [-0.25, -0.2) is 0 Å². The Hall–Kier alpha value is -3.58. The quantitative estimate of drug-likeness (QED) is 0.0761. The van der Waals surface area contributed by atoms with Gasteiger partial charge >= 0.3 is 18.6 Å². The Balaban J connectivity index is 0.000000245. The molecule has 0 aliphatic heterocycles. The third kappa shape index (κ3) is 22.0. The molecule has 8 aromatic rings. The molecule has 0 aliphatic rings. The van der Waals surface area contributed by atoms with Crippen LogP contribution in [0.25, 0.3) is 15.3 Å². The van der Waals surface area contributed by atoms with Crippen LogP contribution in [0.4, 0.5) is 0 Å². The molecule has 0 atom stereocenters. The normalized spacial score (nSPS) is 10.7. The summed E-state index contributed by atoms with van der Waals surface area (Å²) in [7, 11) is -3.77. The molecule has 8 rings (SSSR count). The zero-order valence-electron chi connectivity index (χ0n) is 42.0. The molecule has 70 heavy (non-hydrogen) atoms. The van der Waals surface area contributed by atoms with Crippen molar-refractivity contribution in [2.24, 2.45) is 0 Å². The van der Waals surface area contributed by atoms with Gasteiger partial charge in [0, 0.05) is 23.1 Å². The first-order valence-corrected chi connectivity index (χ1v) is 29.7. The van der Waals surface area contributed by atoms with Crippen molar-refractivity contribution in [1.29, 1.82) is 0 Å². The summed E-state index contributed by atoms with van der Waals surface area (Å²) in [4.78, 5) is 0. The van der Waals surface area contributed by atoms with E-state index >= 15 is 0 Å². The summed E-state index contributed by atoms with van der Waals surface area (Å²) in [6.07, 6.45) is 0. The third-order valence-corrected chi connectivity index (χ3v) is 20.3. The molecule has 4 nitrogen and oxygen atoms in total. The van der Waals surface area contributed by atoms with Crippen LogP contribution < -0.4 is 47.5 Å². The van der Waals surface area contributed by atoms with Gasteiger partial charge in [-0.1, -0.05) is 187 Å². The van der Waals surface area contributed by atoms with Gasteiger partial charge in [-0.05, 0) is 135 Å². The Morgan fingerprint density at radius 1 is 0.271 bits per heavy atom. The van der Waals surface area contributed by atoms with Crippen LogP contribution in [0.3, 0.4) is 0 Å². The van der Waals surface area contributed by atoms with Crippen LogP contribution in [0.15, 0.2) is 243 Å². The van der Waals surface area contributed by atoms with Crippen molar-refractivity contribution in [3.05, 3.63) is 258 Å². The molecular formula is C60H73FeN4P4V+3. The van der Waals surface area contributed by atoms with Crippen LogP contribution in [0, 0.1) is 0 Å². The van der Waals surface area contributed by atoms with Crippen molar-refractivity contribution in [2.75, 3.05) is 0 Å². The second-order valence-corrected chi connectivity index (χ2v) is 25.8. The van der Waals surface area contributed by atoms with Crippen molar-refractivity contribution in [2.45, 2.75) is 79.6 Å². The fourth-order valence-corrected chi connectivity index (χ4v) is 15.9. The molecule has 1 radical (unpaired) electrons. The fourth-order valence-electron chi connectivity index (χ4n) is 7.13. The van der Waals surface area contributed by atoms with E-state index < -0.39 is 32.3 Å². The Kier molecular flexibility index (Phi) is 30.1. The molecule has 10 heteroatoms. The van der Waals surface area contributed by atoms with Gasteiger partial charge in [0.1, 0.15) is 18.7 Å². The summed E-state index contributed by atoms with van der Waals surface area (Å²) in [6, 6.07) is 86.9. The summed E-state index contributed by atoms with van der Waals surface area (Å²) in [5, 5.41) is 29.5. The van der Waals surface area contributed by atoms with E-state index in [2.05, 4.69) is 303 Å². The Morgan fingerprint density at radius 3 is 0.571 bits per heavy atom. The van der Waals surface area contributed by atoms with Crippen LogP contribution in [0.2, 0.25) is 0 Å². The maximum Gasteiger partial charge on any atom is 2.00 e. The van der Waals surface area contributed by atoms with E-state index in [0.717, 1.165) is 0 Å². The monoisotopic (exact) mass is 1080 g/mol. The maximum atomic E-state index is 4.92. The second-order valence-electron chi connectivity index (χ2n) is 17.3.